The zero-order valence-corrected chi connectivity index (χ0v) is 11.9. The Bertz CT molecular complexity index is 446. The van der Waals surface area contributed by atoms with Crippen LogP contribution in [0, 0.1) is 0 Å². The molecule has 0 heterocycles. The fourth-order valence-corrected chi connectivity index (χ4v) is 1.90. The molecule has 0 saturated carbocycles. The minimum absolute atomic E-state index is 0.110. The van der Waals surface area contributed by atoms with E-state index in [4.69, 9.17) is 19.4 Å². The molecule has 1 aromatic rings. The van der Waals surface area contributed by atoms with Crippen LogP contribution in [0.1, 0.15) is 25.0 Å². The summed E-state index contributed by atoms with van der Waals surface area (Å²) >= 11 is 0.129. The Hall–Kier alpha value is -1.51. The third-order valence-electron chi connectivity index (χ3n) is 2.48. The molecule has 0 aromatic heterocycles. The molecule has 0 radical (unpaired) electrons. The number of hydrogen-bond donors (Lipinski definition) is 1. The van der Waals surface area contributed by atoms with Crippen LogP contribution in [0.4, 0.5) is 10.2 Å². The second kappa shape index (κ2) is 8.62. The normalized spacial score (nSPS) is 11.9. The average Bonchev–Trinajstić information content (AvgIpc) is 2.43. The molecule has 20 heavy (non-hydrogen) atoms. The number of ether oxygens (including phenoxy) is 2. The van der Waals surface area contributed by atoms with Crippen molar-refractivity contribution in [1.82, 2.24) is 0 Å². The van der Waals surface area contributed by atoms with Crippen LogP contribution in [0.15, 0.2) is 18.2 Å². The molecule has 0 aliphatic rings. The molecule has 112 valence electrons. The number of esters is 1. The van der Waals surface area contributed by atoms with Crippen LogP contribution in [0.25, 0.3) is 0 Å². The standard InChI is InChI=1S/C12H16FNO5S/c1-3-17-12(15)7-11(18-20-19-13)9-5-4-8(16-2)6-10(9)14/h4-6,11H,3,7,14H2,1-2H3. The second-order valence-corrected chi connectivity index (χ2v) is 4.17. The maximum atomic E-state index is 11.7. The molecule has 0 aliphatic heterocycles. The van der Waals surface area contributed by atoms with Gasteiger partial charge >= 0.3 is 5.97 Å². The van der Waals surface area contributed by atoms with E-state index in [2.05, 4.69) is 4.39 Å². The van der Waals surface area contributed by atoms with Gasteiger partial charge in [0.25, 0.3) is 0 Å². The first-order chi connectivity index (χ1) is 9.62. The maximum Gasteiger partial charge on any atom is 0.308 e. The van der Waals surface area contributed by atoms with Gasteiger partial charge < -0.3 is 15.2 Å². The quantitative estimate of drug-likeness (QED) is 0.449. The molecule has 1 atom stereocenters. The first-order valence-electron chi connectivity index (χ1n) is 5.82. The molecule has 0 aliphatic carbocycles. The van der Waals surface area contributed by atoms with Gasteiger partial charge in [-0.1, -0.05) is 10.5 Å². The molecule has 6 nitrogen and oxygen atoms in total. The van der Waals surface area contributed by atoms with Crippen LogP contribution in [0.5, 0.6) is 5.75 Å². The molecule has 1 rings (SSSR count). The van der Waals surface area contributed by atoms with Gasteiger partial charge in [0.2, 0.25) is 12.3 Å². The molecule has 0 fully saturated rings. The first kappa shape index (κ1) is 16.5. The average molecular weight is 305 g/mol. The minimum Gasteiger partial charge on any atom is -0.497 e. The van der Waals surface area contributed by atoms with E-state index in [-0.39, 0.29) is 25.4 Å². The Morgan fingerprint density at radius 3 is 2.80 bits per heavy atom. The number of nitrogen functional groups attached to an aromatic ring is 1. The molecule has 0 saturated heterocycles. The molecular weight excluding hydrogens is 289 g/mol. The molecule has 0 spiro atoms. The van der Waals surface area contributed by atoms with E-state index < -0.39 is 12.1 Å². The third-order valence-corrected chi connectivity index (χ3v) is 2.84. The van der Waals surface area contributed by atoms with Crippen molar-refractivity contribution < 1.29 is 27.4 Å². The van der Waals surface area contributed by atoms with Gasteiger partial charge in [-0.3, -0.25) is 8.98 Å². The summed E-state index contributed by atoms with van der Waals surface area (Å²) in [6.45, 7) is 1.94. The Morgan fingerprint density at radius 1 is 1.50 bits per heavy atom. The van der Waals surface area contributed by atoms with Crippen LogP contribution in [-0.2, 0) is 18.1 Å². The summed E-state index contributed by atoms with van der Waals surface area (Å²) in [5.74, 6) is 0.0858. The minimum atomic E-state index is -0.791. The van der Waals surface area contributed by atoms with Gasteiger partial charge in [0.15, 0.2) is 0 Å². The van der Waals surface area contributed by atoms with Gasteiger partial charge in [0.1, 0.15) is 11.9 Å². The topological polar surface area (TPSA) is 80.0 Å². The number of anilines is 1. The monoisotopic (exact) mass is 305 g/mol. The van der Waals surface area contributed by atoms with Crippen molar-refractivity contribution >= 4 is 24.0 Å². The van der Waals surface area contributed by atoms with Crippen molar-refractivity contribution in [3.8, 4) is 5.75 Å². The van der Waals surface area contributed by atoms with Gasteiger partial charge in [0.05, 0.1) is 20.1 Å². The van der Waals surface area contributed by atoms with E-state index in [9.17, 15) is 9.32 Å². The number of hydrogen-bond acceptors (Lipinski definition) is 7. The number of rotatable bonds is 8. The highest BCUT2D eigenvalue weighted by Gasteiger charge is 2.21. The van der Waals surface area contributed by atoms with E-state index >= 15 is 0 Å². The predicted molar refractivity (Wildman–Crippen MR) is 72.3 cm³/mol. The van der Waals surface area contributed by atoms with E-state index in [0.29, 0.717) is 17.0 Å². The fourth-order valence-electron chi connectivity index (χ4n) is 1.60. The van der Waals surface area contributed by atoms with Crippen molar-refractivity contribution in [2.24, 2.45) is 0 Å². The van der Waals surface area contributed by atoms with Crippen LogP contribution in [0.3, 0.4) is 0 Å². The number of nitrogens with two attached hydrogens (primary N) is 1. The van der Waals surface area contributed by atoms with Gasteiger partial charge in [-0.15, -0.1) is 0 Å². The SMILES string of the molecule is CCOC(=O)CC(OSOF)c1ccc(OC)cc1N. The lowest BCUT2D eigenvalue weighted by molar-refractivity contribution is -0.145. The second-order valence-electron chi connectivity index (χ2n) is 3.72. The molecule has 1 unspecified atom stereocenters. The molecule has 8 heteroatoms. The summed E-state index contributed by atoms with van der Waals surface area (Å²) in [5.41, 5.74) is 6.74. The first-order valence-corrected chi connectivity index (χ1v) is 6.48. The molecule has 0 amide bonds. The number of methoxy groups -OCH3 is 1. The molecule has 2 N–H and O–H groups in total. The Kier molecular flexibility index (Phi) is 7.13. The Labute approximate surface area is 120 Å². The number of carbonyl (C=O) groups is 1. The molecular formula is C12H16FNO5S. The zero-order chi connectivity index (χ0) is 15.0. The highest BCUT2D eigenvalue weighted by molar-refractivity contribution is 7.89. The van der Waals surface area contributed by atoms with Gasteiger partial charge in [-0.25, -0.2) is 0 Å². The summed E-state index contributed by atoms with van der Waals surface area (Å²) in [7, 11) is 1.51. The lowest BCUT2D eigenvalue weighted by Crippen LogP contribution is -2.12. The van der Waals surface area contributed by atoms with E-state index in [1.165, 1.54) is 7.11 Å². The summed E-state index contributed by atoms with van der Waals surface area (Å²) in [4.78, 5) is 11.5. The predicted octanol–water partition coefficient (Wildman–Crippen LogP) is 2.75. The Balaban J connectivity index is 2.88. The van der Waals surface area contributed by atoms with Crippen LogP contribution in [-0.4, -0.2) is 19.7 Å². The van der Waals surface area contributed by atoms with Crippen molar-refractivity contribution in [1.29, 1.82) is 0 Å². The maximum absolute atomic E-state index is 11.7. The van der Waals surface area contributed by atoms with Gasteiger partial charge in [0, 0.05) is 17.3 Å². The van der Waals surface area contributed by atoms with Crippen molar-refractivity contribution in [3.05, 3.63) is 23.8 Å². The van der Waals surface area contributed by atoms with E-state index in [1.807, 2.05) is 0 Å². The van der Waals surface area contributed by atoms with Crippen LogP contribution < -0.4 is 10.5 Å². The highest BCUT2D eigenvalue weighted by Crippen LogP contribution is 2.33. The lowest BCUT2D eigenvalue weighted by Gasteiger charge is -2.17. The zero-order valence-electron chi connectivity index (χ0n) is 11.1. The number of carbonyl (C=O) groups excluding carboxylic acids is 1. The Morgan fingerprint density at radius 2 is 2.25 bits per heavy atom. The molecule has 0 bridgehead atoms. The van der Waals surface area contributed by atoms with Crippen molar-refractivity contribution in [2.75, 3.05) is 19.5 Å². The van der Waals surface area contributed by atoms with Gasteiger partial charge in [-0.2, -0.15) is 0 Å². The fraction of sp³-hybridized carbons (Fsp3) is 0.417. The number of benzene rings is 1. The van der Waals surface area contributed by atoms with Crippen molar-refractivity contribution in [3.63, 3.8) is 0 Å². The summed E-state index contributed by atoms with van der Waals surface area (Å²) < 4.78 is 29.9. The van der Waals surface area contributed by atoms with E-state index in [1.54, 1.807) is 25.1 Å². The molecule has 1 aromatic carbocycles. The van der Waals surface area contributed by atoms with Crippen LogP contribution in [0.2, 0.25) is 0 Å². The van der Waals surface area contributed by atoms with E-state index in [0.717, 1.165) is 0 Å². The lowest BCUT2D eigenvalue weighted by atomic mass is 10.0. The van der Waals surface area contributed by atoms with Gasteiger partial charge in [-0.05, 0) is 17.5 Å². The largest absolute Gasteiger partial charge is 0.497 e. The van der Waals surface area contributed by atoms with Crippen LogP contribution >= 0.6 is 12.3 Å². The highest BCUT2D eigenvalue weighted by atomic mass is 32.2. The number of halogens is 1. The van der Waals surface area contributed by atoms with Crippen molar-refractivity contribution in [2.45, 2.75) is 19.4 Å². The summed E-state index contributed by atoms with van der Waals surface area (Å²) in [6, 6.07) is 4.88. The third kappa shape index (κ3) is 4.87. The summed E-state index contributed by atoms with van der Waals surface area (Å²) in [6.07, 6.45) is -0.901. The summed E-state index contributed by atoms with van der Waals surface area (Å²) in [5, 5.41) is 0. The smallest absolute Gasteiger partial charge is 0.308 e.